The van der Waals surface area contributed by atoms with Crippen molar-refractivity contribution < 1.29 is 9.47 Å². The van der Waals surface area contributed by atoms with Crippen molar-refractivity contribution in [3.63, 3.8) is 0 Å². The van der Waals surface area contributed by atoms with Crippen molar-refractivity contribution in [2.45, 2.75) is 52.0 Å². The van der Waals surface area contributed by atoms with Gasteiger partial charge in [0.25, 0.3) is 0 Å². The highest BCUT2D eigenvalue weighted by atomic mass is 16.5. The lowest BCUT2D eigenvalue weighted by atomic mass is 9.89. The van der Waals surface area contributed by atoms with Gasteiger partial charge in [0.05, 0.1) is 19.9 Å². The van der Waals surface area contributed by atoms with Crippen LogP contribution in [0.15, 0.2) is 18.2 Å². The minimum absolute atomic E-state index is 0.537. The molecule has 0 amide bonds. The molecule has 2 atom stereocenters. The Hall–Kier alpha value is -1.38. The number of ether oxygens (including phenoxy) is 2. The number of nitrogens with one attached hydrogen (secondary N) is 1. The van der Waals surface area contributed by atoms with Gasteiger partial charge in [0, 0.05) is 12.1 Å². The van der Waals surface area contributed by atoms with Crippen LogP contribution in [0.2, 0.25) is 0 Å². The predicted molar refractivity (Wildman–Crippen MR) is 88.4 cm³/mol. The van der Waals surface area contributed by atoms with E-state index in [2.05, 4.69) is 19.2 Å². The number of benzene rings is 1. The average molecular weight is 291 g/mol. The van der Waals surface area contributed by atoms with Gasteiger partial charge in [-0.05, 0) is 43.2 Å². The topological polar surface area (TPSA) is 30.5 Å². The monoisotopic (exact) mass is 291 g/mol. The summed E-state index contributed by atoms with van der Waals surface area (Å²) in [7, 11) is 3.42. The summed E-state index contributed by atoms with van der Waals surface area (Å²) >= 11 is 0. The van der Waals surface area contributed by atoms with E-state index < -0.39 is 0 Å². The third-order valence-corrected chi connectivity index (χ3v) is 4.72. The van der Waals surface area contributed by atoms with Crippen molar-refractivity contribution in [1.82, 2.24) is 0 Å². The molecule has 3 heteroatoms. The summed E-state index contributed by atoms with van der Waals surface area (Å²) in [6.07, 6.45) is 6.48. The summed E-state index contributed by atoms with van der Waals surface area (Å²) in [4.78, 5) is 0. The lowest BCUT2D eigenvalue weighted by Crippen LogP contribution is -2.19. The molecule has 1 N–H and O–H groups in total. The van der Waals surface area contributed by atoms with Gasteiger partial charge < -0.3 is 14.8 Å². The van der Waals surface area contributed by atoms with Gasteiger partial charge in [-0.1, -0.05) is 26.7 Å². The Kier molecular flexibility index (Phi) is 5.77. The first-order valence-electron chi connectivity index (χ1n) is 8.12. The molecule has 1 aromatic carbocycles. The lowest BCUT2D eigenvalue weighted by Gasteiger charge is -2.21. The first-order chi connectivity index (χ1) is 10.1. The summed E-state index contributed by atoms with van der Waals surface area (Å²) < 4.78 is 10.8. The molecule has 0 aromatic heterocycles. The Morgan fingerprint density at radius 2 is 1.86 bits per heavy atom. The normalized spacial score (nSPS) is 22.7. The molecule has 0 spiro atoms. The van der Waals surface area contributed by atoms with Gasteiger partial charge in [0.1, 0.15) is 11.5 Å². The highest BCUT2D eigenvalue weighted by Crippen LogP contribution is 2.33. The maximum absolute atomic E-state index is 5.46. The molecule has 0 radical (unpaired) electrons. The van der Waals surface area contributed by atoms with Crippen LogP contribution in [0.25, 0.3) is 0 Å². The average Bonchev–Trinajstić information content (AvgIpc) is 2.73. The molecular formula is C18H29NO2. The van der Waals surface area contributed by atoms with Crippen molar-refractivity contribution in [3.8, 4) is 11.5 Å². The second-order valence-corrected chi connectivity index (χ2v) is 6.42. The zero-order chi connectivity index (χ0) is 15.2. The second kappa shape index (κ2) is 7.58. The molecule has 1 aliphatic rings. The summed E-state index contributed by atoms with van der Waals surface area (Å²) in [5.74, 6) is 3.44. The molecule has 1 aromatic rings. The van der Waals surface area contributed by atoms with Crippen LogP contribution < -0.4 is 14.8 Å². The van der Waals surface area contributed by atoms with Crippen molar-refractivity contribution in [3.05, 3.63) is 18.2 Å². The Labute approximate surface area is 129 Å². The predicted octanol–water partition coefficient (Wildman–Crippen LogP) is 4.72. The van der Waals surface area contributed by atoms with Crippen LogP contribution in [0, 0.1) is 11.8 Å². The van der Waals surface area contributed by atoms with Gasteiger partial charge in [-0.3, -0.25) is 0 Å². The number of methoxy groups -OCH3 is 2. The van der Waals surface area contributed by atoms with E-state index in [1.165, 1.54) is 32.1 Å². The van der Waals surface area contributed by atoms with Gasteiger partial charge in [-0.15, -0.1) is 0 Å². The first kappa shape index (κ1) is 16.0. The van der Waals surface area contributed by atoms with E-state index in [4.69, 9.17) is 9.47 Å². The number of hydrogen-bond donors (Lipinski definition) is 1. The number of anilines is 1. The number of rotatable bonds is 5. The molecular weight excluding hydrogens is 262 g/mol. The van der Waals surface area contributed by atoms with Crippen molar-refractivity contribution in [2.24, 2.45) is 11.8 Å². The highest BCUT2D eigenvalue weighted by molar-refractivity contribution is 5.60. The van der Waals surface area contributed by atoms with Crippen LogP contribution in [0.1, 0.15) is 46.0 Å². The van der Waals surface area contributed by atoms with Crippen LogP contribution in [0.5, 0.6) is 11.5 Å². The van der Waals surface area contributed by atoms with E-state index >= 15 is 0 Å². The second-order valence-electron chi connectivity index (χ2n) is 6.42. The summed E-state index contributed by atoms with van der Waals surface area (Å²) in [5, 5.41) is 3.67. The van der Waals surface area contributed by atoms with Gasteiger partial charge in [-0.25, -0.2) is 0 Å². The molecule has 2 unspecified atom stereocenters. The fourth-order valence-electron chi connectivity index (χ4n) is 3.29. The van der Waals surface area contributed by atoms with E-state index in [1.54, 1.807) is 14.2 Å². The Bertz CT molecular complexity index is 445. The fourth-order valence-corrected chi connectivity index (χ4v) is 3.29. The van der Waals surface area contributed by atoms with E-state index in [0.717, 1.165) is 29.0 Å². The van der Waals surface area contributed by atoms with E-state index in [9.17, 15) is 0 Å². The van der Waals surface area contributed by atoms with E-state index in [1.807, 2.05) is 18.2 Å². The molecule has 1 aliphatic carbocycles. The quantitative estimate of drug-likeness (QED) is 0.796. The maximum atomic E-state index is 5.46. The molecule has 1 saturated carbocycles. The standard InChI is InChI=1S/C18H29NO2/c1-13(2)14-6-5-7-15(9-8-14)19-17-12-16(20-3)10-11-18(17)21-4/h10-15,19H,5-9H2,1-4H3. The molecule has 118 valence electrons. The smallest absolute Gasteiger partial charge is 0.142 e. The van der Waals surface area contributed by atoms with Crippen LogP contribution >= 0.6 is 0 Å². The Morgan fingerprint density at radius 1 is 1.05 bits per heavy atom. The van der Waals surface area contributed by atoms with Crippen molar-refractivity contribution in [2.75, 3.05) is 19.5 Å². The zero-order valence-electron chi connectivity index (χ0n) is 13.8. The van der Waals surface area contributed by atoms with Crippen LogP contribution in [0.3, 0.4) is 0 Å². The van der Waals surface area contributed by atoms with Gasteiger partial charge in [-0.2, -0.15) is 0 Å². The largest absolute Gasteiger partial charge is 0.497 e. The molecule has 0 heterocycles. The van der Waals surface area contributed by atoms with Gasteiger partial charge in [0.2, 0.25) is 0 Å². The molecule has 0 saturated heterocycles. The third-order valence-electron chi connectivity index (χ3n) is 4.72. The van der Waals surface area contributed by atoms with Crippen LogP contribution in [-0.4, -0.2) is 20.3 Å². The maximum Gasteiger partial charge on any atom is 0.142 e. The van der Waals surface area contributed by atoms with E-state index in [0.29, 0.717) is 6.04 Å². The zero-order valence-corrected chi connectivity index (χ0v) is 13.8. The Balaban J connectivity index is 2.04. The molecule has 2 rings (SSSR count). The fraction of sp³-hybridized carbons (Fsp3) is 0.667. The minimum Gasteiger partial charge on any atom is -0.497 e. The molecule has 0 aliphatic heterocycles. The first-order valence-corrected chi connectivity index (χ1v) is 8.12. The lowest BCUT2D eigenvalue weighted by molar-refractivity contribution is 0.341. The molecule has 21 heavy (non-hydrogen) atoms. The summed E-state index contributed by atoms with van der Waals surface area (Å²) in [5.41, 5.74) is 1.05. The minimum atomic E-state index is 0.537. The molecule has 0 bridgehead atoms. The highest BCUT2D eigenvalue weighted by Gasteiger charge is 2.21. The third kappa shape index (κ3) is 4.29. The van der Waals surface area contributed by atoms with Crippen LogP contribution in [0.4, 0.5) is 5.69 Å². The van der Waals surface area contributed by atoms with Crippen LogP contribution in [-0.2, 0) is 0 Å². The Morgan fingerprint density at radius 3 is 2.52 bits per heavy atom. The van der Waals surface area contributed by atoms with Gasteiger partial charge in [0.15, 0.2) is 0 Å². The van der Waals surface area contributed by atoms with E-state index in [-0.39, 0.29) is 0 Å². The van der Waals surface area contributed by atoms with Crippen molar-refractivity contribution >= 4 is 5.69 Å². The van der Waals surface area contributed by atoms with Crippen molar-refractivity contribution in [1.29, 1.82) is 0 Å². The summed E-state index contributed by atoms with van der Waals surface area (Å²) in [6, 6.07) is 6.47. The molecule has 3 nitrogen and oxygen atoms in total. The SMILES string of the molecule is COc1ccc(OC)c(NC2CCCC(C(C)C)CC2)c1. The van der Waals surface area contributed by atoms with Gasteiger partial charge >= 0.3 is 0 Å². The summed E-state index contributed by atoms with van der Waals surface area (Å²) in [6.45, 7) is 4.70. The molecule has 1 fully saturated rings. The number of hydrogen-bond acceptors (Lipinski definition) is 3.